The molecule has 1 rings (SSSR count). The van der Waals surface area contributed by atoms with Gasteiger partial charge in [-0.3, -0.25) is 4.79 Å². The Morgan fingerprint density at radius 2 is 2.07 bits per heavy atom. The Labute approximate surface area is 86.3 Å². The summed E-state index contributed by atoms with van der Waals surface area (Å²) in [7, 11) is 0. The molecule has 0 aliphatic heterocycles. The van der Waals surface area contributed by atoms with Crippen molar-refractivity contribution >= 4 is 5.97 Å². The standard InChI is InChI=1S/C12H20O2/c1-5-14-10(13)9-12(4)8-6-7-11(12,2)3/h6,8H,5,7,9H2,1-4H3. The molecule has 80 valence electrons. The zero-order valence-corrected chi connectivity index (χ0v) is 9.59. The van der Waals surface area contributed by atoms with Crippen molar-refractivity contribution in [2.24, 2.45) is 10.8 Å². The molecule has 0 aromatic carbocycles. The largest absolute Gasteiger partial charge is 0.466 e. The van der Waals surface area contributed by atoms with Gasteiger partial charge in [0.05, 0.1) is 13.0 Å². The summed E-state index contributed by atoms with van der Waals surface area (Å²) in [6.45, 7) is 8.85. The van der Waals surface area contributed by atoms with Crippen molar-refractivity contribution in [1.29, 1.82) is 0 Å². The van der Waals surface area contributed by atoms with Gasteiger partial charge in [-0.05, 0) is 18.8 Å². The van der Waals surface area contributed by atoms with Gasteiger partial charge in [-0.2, -0.15) is 0 Å². The Bertz CT molecular complexity index is 253. The normalized spacial score (nSPS) is 29.1. The third-order valence-corrected chi connectivity index (χ3v) is 3.48. The Morgan fingerprint density at radius 1 is 1.43 bits per heavy atom. The van der Waals surface area contributed by atoms with Gasteiger partial charge in [-0.15, -0.1) is 0 Å². The van der Waals surface area contributed by atoms with E-state index in [2.05, 4.69) is 32.9 Å². The van der Waals surface area contributed by atoms with Crippen molar-refractivity contribution in [3.8, 4) is 0 Å². The highest BCUT2D eigenvalue weighted by molar-refractivity contribution is 5.71. The Hall–Kier alpha value is -0.790. The van der Waals surface area contributed by atoms with Crippen molar-refractivity contribution in [3.63, 3.8) is 0 Å². The highest BCUT2D eigenvalue weighted by Crippen LogP contribution is 2.50. The van der Waals surface area contributed by atoms with Gasteiger partial charge in [0, 0.05) is 5.41 Å². The van der Waals surface area contributed by atoms with E-state index >= 15 is 0 Å². The number of esters is 1. The quantitative estimate of drug-likeness (QED) is 0.512. The van der Waals surface area contributed by atoms with Crippen molar-refractivity contribution < 1.29 is 9.53 Å². The van der Waals surface area contributed by atoms with Crippen LogP contribution in [0.1, 0.15) is 40.5 Å². The summed E-state index contributed by atoms with van der Waals surface area (Å²) < 4.78 is 4.99. The molecule has 0 amide bonds. The van der Waals surface area contributed by atoms with E-state index in [1.165, 1.54) is 0 Å². The SMILES string of the molecule is CCOC(=O)CC1(C)C=CCC1(C)C. The van der Waals surface area contributed by atoms with Crippen molar-refractivity contribution in [2.75, 3.05) is 6.61 Å². The summed E-state index contributed by atoms with van der Waals surface area (Å²) >= 11 is 0. The third-order valence-electron chi connectivity index (χ3n) is 3.48. The summed E-state index contributed by atoms with van der Waals surface area (Å²) in [5.74, 6) is -0.0883. The van der Waals surface area contributed by atoms with Crippen LogP contribution >= 0.6 is 0 Å². The van der Waals surface area contributed by atoms with Crippen LogP contribution in [0.3, 0.4) is 0 Å². The predicted molar refractivity (Wildman–Crippen MR) is 56.9 cm³/mol. The molecule has 0 saturated carbocycles. The molecule has 1 atom stereocenters. The fraction of sp³-hybridized carbons (Fsp3) is 0.750. The average molecular weight is 196 g/mol. The molecule has 0 aromatic heterocycles. The van der Waals surface area contributed by atoms with E-state index in [0.29, 0.717) is 13.0 Å². The second kappa shape index (κ2) is 3.76. The number of hydrogen-bond donors (Lipinski definition) is 0. The van der Waals surface area contributed by atoms with Crippen LogP contribution in [0.15, 0.2) is 12.2 Å². The summed E-state index contributed by atoms with van der Waals surface area (Å²) in [6, 6.07) is 0. The highest BCUT2D eigenvalue weighted by Gasteiger charge is 2.43. The van der Waals surface area contributed by atoms with E-state index in [4.69, 9.17) is 4.74 Å². The molecular weight excluding hydrogens is 176 g/mol. The fourth-order valence-electron chi connectivity index (χ4n) is 1.88. The van der Waals surface area contributed by atoms with E-state index in [0.717, 1.165) is 6.42 Å². The van der Waals surface area contributed by atoms with Crippen LogP contribution in [0.2, 0.25) is 0 Å². The number of carbonyl (C=O) groups excluding carboxylic acids is 1. The maximum Gasteiger partial charge on any atom is 0.306 e. The van der Waals surface area contributed by atoms with Crippen LogP contribution in [0.25, 0.3) is 0 Å². The molecule has 0 bridgehead atoms. The molecule has 0 aromatic rings. The first-order valence-corrected chi connectivity index (χ1v) is 5.24. The molecule has 2 nitrogen and oxygen atoms in total. The molecule has 0 saturated heterocycles. The van der Waals surface area contributed by atoms with Gasteiger partial charge in [0.2, 0.25) is 0 Å². The Morgan fingerprint density at radius 3 is 2.50 bits per heavy atom. The lowest BCUT2D eigenvalue weighted by Gasteiger charge is -2.37. The molecule has 0 N–H and O–H groups in total. The number of allylic oxidation sites excluding steroid dienone is 2. The summed E-state index contributed by atoms with van der Waals surface area (Å²) in [5, 5.41) is 0. The predicted octanol–water partition coefficient (Wildman–Crippen LogP) is 2.93. The summed E-state index contributed by atoms with van der Waals surface area (Å²) in [5.41, 5.74) is 0.124. The lowest BCUT2D eigenvalue weighted by Crippen LogP contribution is -2.32. The van der Waals surface area contributed by atoms with Gasteiger partial charge in [0.25, 0.3) is 0 Å². The molecule has 1 aliphatic carbocycles. The van der Waals surface area contributed by atoms with Crippen LogP contribution in [-0.4, -0.2) is 12.6 Å². The monoisotopic (exact) mass is 196 g/mol. The van der Waals surface area contributed by atoms with Crippen LogP contribution in [-0.2, 0) is 9.53 Å². The van der Waals surface area contributed by atoms with Crippen LogP contribution in [0.4, 0.5) is 0 Å². The highest BCUT2D eigenvalue weighted by atomic mass is 16.5. The minimum absolute atomic E-state index is 0.0424. The molecule has 0 fully saturated rings. The minimum Gasteiger partial charge on any atom is -0.466 e. The van der Waals surface area contributed by atoms with E-state index in [1.807, 2.05) is 6.92 Å². The zero-order chi connectivity index (χ0) is 10.8. The van der Waals surface area contributed by atoms with Crippen LogP contribution in [0.5, 0.6) is 0 Å². The molecule has 1 unspecified atom stereocenters. The summed E-state index contributed by atoms with van der Waals surface area (Å²) in [4.78, 5) is 11.4. The van der Waals surface area contributed by atoms with Gasteiger partial charge in [0.15, 0.2) is 0 Å². The summed E-state index contributed by atoms with van der Waals surface area (Å²) in [6.07, 6.45) is 5.86. The minimum atomic E-state index is -0.0883. The molecular formula is C12H20O2. The molecule has 2 heteroatoms. The molecule has 14 heavy (non-hydrogen) atoms. The maximum atomic E-state index is 11.4. The smallest absolute Gasteiger partial charge is 0.306 e. The fourth-order valence-corrected chi connectivity index (χ4v) is 1.88. The second-order valence-corrected chi connectivity index (χ2v) is 4.89. The molecule has 1 aliphatic rings. The lowest BCUT2D eigenvalue weighted by molar-refractivity contribution is -0.146. The van der Waals surface area contributed by atoms with Crippen LogP contribution < -0.4 is 0 Å². The lowest BCUT2D eigenvalue weighted by atomic mass is 9.67. The van der Waals surface area contributed by atoms with Gasteiger partial charge in [-0.25, -0.2) is 0 Å². The first-order chi connectivity index (χ1) is 6.41. The van der Waals surface area contributed by atoms with Gasteiger partial charge in [0.1, 0.15) is 0 Å². The zero-order valence-electron chi connectivity index (χ0n) is 9.59. The number of hydrogen-bond acceptors (Lipinski definition) is 2. The number of rotatable bonds is 3. The first kappa shape index (κ1) is 11.3. The number of carbonyl (C=O) groups is 1. The molecule has 0 radical (unpaired) electrons. The number of ether oxygens (including phenoxy) is 1. The second-order valence-electron chi connectivity index (χ2n) is 4.89. The van der Waals surface area contributed by atoms with Crippen molar-refractivity contribution in [2.45, 2.75) is 40.5 Å². The van der Waals surface area contributed by atoms with Gasteiger partial charge >= 0.3 is 5.97 Å². The van der Waals surface area contributed by atoms with Gasteiger partial charge in [-0.1, -0.05) is 32.9 Å². The topological polar surface area (TPSA) is 26.3 Å². The van der Waals surface area contributed by atoms with Gasteiger partial charge < -0.3 is 4.74 Å². The average Bonchev–Trinajstić information content (AvgIpc) is 2.26. The molecule has 0 heterocycles. The molecule has 0 spiro atoms. The van der Waals surface area contributed by atoms with Crippen molar-refractivity contribution in [1.82, 2.24) is 0 Å². The van der Waals surface area contributed by atoms with Crippen molar-refractivity contribution in [3.05, 3.63) is 12.2 Å². The van der Waals surface area contributed by atoms with Crippen LogP contribution in [0, 0.1) is 10.8 Å². The van der Waals surface area contributed by atoms with E-state index in [1.54, 1.807) is 0 Å². The van der Waals surface area contributed by atoms with E-state index in [9.17, 15) is 4.79 Å². The Balaban J connectivity index is 2.66. The Kier molecular flexibility index (Phi) is 3.03. The van der Waals surface area contributed by atoms with E-state index in [-0.39, 0.29) is 16.8 Å². The van der Waals surface area contributed by atoms with E-state index < -0.39 is 0 Å². The third kappa shape index (κ3) is 1.99. The first-order valence-electron chi connectivity index (χ1n) is 5.24. The maximum absolute atomic E-state index is 11.4.